The van der Waals surface area contributed by atoms with Crippen molar-refractivity contribution < 1.29 is 5.11 Å². The van der Waals surface area contributed by atoms with Crippen LogP contribution in [0.4, 0.5) is 0 Å². The molecule has 2 aliphatic heterocycles. The van der Waals surface area contributed by atoms with E-state index in [0.717, 1.165) is 31.7 Å². The molecule has 3 rings (SSSR count). The van der Waals surface area contributed by atoms with E-state index in [0.29, 0.717) is 18.7 Å². The van der Waals surface area contributed by atoms with E-state index in [1.807, 2.05) is 0 Å². The summed E-state index contributed by atoms with van der Waals surface area (Å²) >= 11 is 1.78. The van der Waals surface area contributed by atoms with Crippen LogP contribution in [0.1, 0.15) is 36.4 Å². The van der Waals surface area contributed by atoms with Crippen molar-refractivity contribution in [1.29, 1.82) is 0 Å². The van der Waals surface area contributed by atoms with E-state index in [9.17, 15) is 5.11 Å². The summed E-state index contributed by atoms with van der Waals surface area (Å²) in [6.07, 6.45) is 4.99. The molecule has 0 aromatic carbocycles. The molecule has 2 unspecified atom stereocenters. The van der Waals surface area contributed by atoms with E-state index >= 15 is 0 Å². The molecule has 1 aromatic rings. The van der Waals surface area contributed by atoms with E-state index in [2.05, 4.69) is 27.1 Å². The molecule has 0 amide bonds. The van der Waals surface area contributed by atoms with Gasteiger partial charge in [0.15, 0.2) is 0 Å². The number of thiazole rings is 1. The Kier molecular flexibility index (Phi) is 4.71. The molecule has 0 spiro atoms. The number of aryl methyl sites for hydroxylation is 1. The van der Waals surface area contributed by atoms with E-state index in [1.165, 1.54) is 30.8 Å². The summed E-state index contributed by atoms with van der Waals surface area (Å²) < 4.78 is 0. The number of rotatable bonds is 5. The predicted molar refractivity (Wildman–Crippen MR) is 82.0 cm³/mol. The van der Waals surface area contributed by atoms with Crippen LogP contribution in [0.25, 0.3) is 0 Å². The Labute approximate surface area is 125 Å². The first-order valence-electron chi connectivity index (χ1n) is 7.76. The molecule has 4 nitrogen and oxygen atoms in total. The van der Waals surface area contributed by atoms with Crippen LogP contribution in [0, 0.1) is 6.92 Å². The quantitative estimate of drug-likeness (QED) is 0.900. The zero-order valence-electron chi connectivity index (χ0n) is 12.3. The Morgan fingerprint density at radius 1 is 1.25 bits per heavy atom. The first-order chi connectivity index (χ1) is 9.76. The van der Waals surface area contributed by atoms with Crippen molar-refractivity contribution in [2.75, 3.05) is 26.2 Å². The number of hydrogen-bond acceptors (Lipinski definition) is 5. The molecule has 112 valence electrons. The normalized spacial score (nSPS) is 28.5. The first kappa shape index (κ1) is 14.4. The van der Waals surface area contributed by atoms with Gasteiger partial charge in [0.05, 0.1) is 13.2 Å². The number of aliphatic hydroxyl groups excluding tert-OH is 1. The molecule has 20 heavy (non-hydrogen) atoms. The van der Waals surface area contributed by atoms with Crippen LogP contribution in [0.15, 0.2) is 5.38 Å². The van der Waals surface area contributed by atoms with Gasteiger partial charge in [0.25, 0.3) is 0 Å². The van der Waals surface area contributed by atoms with Crippen LogP contribution in [-0.4, -0.2) is 58.2 Å². The molecule has 2 aliphatic rings. The van der Waals surface area contributed by atoms with Gasteiger partial charge in [-0.2, -0.15) is 0 Å². The van der Waals surface area contributed by atoms with Gasteiger partial charge >= 0.3 is 0 Å². The third kappa shape index (κ3) is 3.22. The fourth-order valence-corrected chi connectivity index (χ4v) is 4.37. The van der Waals surface area contributed by atoms with Gasteiger partial charge in [0.1, 0.15) is 5.01 Å². The maximum atomic E-state index is 9.45. The van der Waals surface area contributed by atoms with Gasteiger partial charge in [-0.25, -0.2) is 4.98 Å². The maximum absolute atomic E-state index is 9.45. The molecular weight excluding hydrogens is 270 g/mol. The number of aromatic nitrogens is 1. The Hall–Kier alpha value is -0.490. The lowest BCUT2D eigenvalue weighted by Crippen LogP contribution is -2.43. The van der Waals surface area contributed by atoms with Crippen LogP contribution in [0.2, 0.25) is 0 Å². The number of hydrogen-bond donors (Lipinski definition) is 1. The maximum Gasteiger partial charge on any atom is 0.107 e. The van der Waals surface area contributed by atoms with Crippen molar-refractivity contribution in [2.45, 2.75) is 51.2 Å². The molecule has 2 saturated heterocycles. The fraction of sp³-hybridized carbons (Fsp3) is 0.800. The second kappa shape index (κ2) is 6.52. The Balaban J connectivity index is 1.58. The average molecular weight is 295 g/mol. The number of nitrogens with zero attached hydrogens (tertiary/aromatic N) is 3. The summed E-state index contributed by atoms with van der Waals surface area (Å²) in [7, 11) is 0. The Morgan fingerprint density at radius 2 is 2.00 bits per heavy atom. The monoisotopic (exact) mass is 295 g/mol. The summed E-state index contributed by atoms with van der Waals surface area (Å²) in [5.41, 5.74) is 1.14. The van der Waals surface area contributed by atoms with Crippen LogP contribution in [-0.2, 0) is 6.54 Å². The van der Waals surface area contributed by atoms with Gasteiger partial charge < -0.3 is 5.11 Å². The zero-order chi connectivity index (χ0) is 13.9. The topological polar surface area (TPSA) is 39.6 Å². The molecule has 3 heterocycles. The van der Waals surface area contributed by atoms with Gasteiger partial charge in [-0.1, -0.05) is 0 Å². The highest BCUT2D eigenvalue weighted by atomic mass is 32.1. The minimum Gasteiger partial charge on any atom is -0.395 e. The standard InChI is InChI=1S/C15H25N3OS/c1-12-11-20-15(16-12)9-18-7-2-4-13(18)8-17-6-3-5-14(17)10-19/h11,13-14,19H,2-10H2,1H3. The largest absolute Gasteiger partial charge is 0.395 e. The number of likely N-dealkylation sites (tertiary alicyclic amines) is 2. The van der Waals surface area contributed by atoms with Crippen LogP contribution in [0.5, 0.6) is 0 Å². The van der Waals surface area contributed by atoms with Crippen molar-refractivity contribution in [1.82, 2.24) is 14.8 Å². The highest BCUT2D eigenvalue weighted by molar-refractivity contribution is 7.09. The van der Waals surface area contributed by atoms with Crippen molar-refractivity contribution in [2.24, 2.45) is 0 Å². The van der Waals surface area contributed by atoms with E-state index in [-0.39, 0.29) is 0 Å². The first-order valence-corrected chi connectivity index (χ1v) is 8.64. The van der Waals surface area contributed by atoms with Crippen molar-refractivity contribution in [3.63, 3.8) is 0 Å². The van der Waals surface area contributed by atoms with E-state index in [4.69, 9.17) is 0 Å². The summed E-state index contributed by atoms with van der Waals surface area (Å²) in [4.78, 5) is 9.68. The van der Waals surface area contributed by atoms with Crippen LogP contribution < -0.4 is 0 Å². The van der Waals surface area contributed by atoms with E-state index in [1.54, 1.807) is 11.3 Å². The molecular formula is C15H25N3OS. The summed E-state index contributed by atoms with van der Waals surface area (Å²) in [5, 5.41) is 12.8. The molecule has 0 aliphatic carbocycles. The lowest BCUT2D eigenvalue weighted by atomic mass is 10.2. The molecule has 1 N–H and O–H groups in total. The molecule has 0 bridgehead atoms. The minimum absolute atomic E-state index is 0.318. The van der Waals surface area contributed by atoms with Gasteiger partial charge in [0.2, 0.25) is 0 Å². The second-order valence-electron chi connectivity index (χ2n) is 6.12. The van der Waals surface area contributed by atoms with Crippen LogP contribution in [0.3, 0.4) is 0 Å². The molecule has 0 radical (unpaired) electrons. The lowest BCUT2D eigenvalue weighted by molar-refractivity contribution is 0.120. The molecule has 2 atom stereocenters. The fourth-order valence-electron chi connectivity index (χ4n) is 3.57. The zero-order valence-corrected chi connectivity index (χ0v) is 13.1. The molecule has 1 aromatic heterocycles. The highest BCUT2D eigenvalue weighted by Crippen LogP contribution is 2.25. The Morgan fingerprint density at radius 3 is 2.70 bits per heavy atom. The third-order valence-electron chi connectivity index (χ3n) is 4.66. The molecule has 5 heteroatoms. The molecule has 0 saturated carbocycles. The predicted octanol–water partition coefficient (Wildman–Crippen LogP) is 1.87. The Bertz CT molecular complexity index is 437. The van der Waals surface area contributed by atoms with Crippen molar-refractivity contribution in [3.8, 4) is 0 Å². The second-order valence-corrected chi connectivity index (χ2v) is 7.07. The average Bonchev–Trinajstić information content (AvgIpc) is 3.14. The minimum atomic E-state index is 0.318. The highest BCUT2D eigenvalue weighted by Gasteiger charge is 2.31. The summed E-state index contributed by atoms with van der Waals surface area (Å²) in [6.45, 7) is 6.86. The van der Waals surface area contributed by atoms with Gasteiger partial charge in [-0.15, -0.1) is 11.3 Å². The number of aliphatic hydroxyl groups is 1. The lowest BCUT2D eigenvalue weighted by Gasteiger charge is -2.30. The SMILES string of the molecule is Cc1csc(CN2CCCC2CN2CCCC2CO)n1. The van der Waals surface area contributed by atoms with Crippen molar-refractivity contribution in [3.05, 3.63) is 16.1 Å². The molecule has 2 fully saturated rings. The van der Waals surface area contributed by atoms with Gasteiger partial charge in [0, 0.05) is 29.7 Å². The summed E-state index contributed by atoms with van der Waals surface area (Å²) in [6, 6.07) is 1.05. The van der Waals surface area contributed by atoms with Crippen LogP contribution >= 0.6 is 11.3 Å². The smallest absolute Gasteiger partial charge is 0.107 e. The van der Waals surface area contributed by atoms with Crippen molar-refractivity contribution >= 4 is 11.3 Å². The third-order valence-corrected chi connectivity index (χ3v) is 5.61. The summed E-state index contributed by atoms with van der Waals surface area (Å²) in [5.74, 6) is 0. The van der Waals surface area contributed by atoms with E-state index < -0.39 is 0 Å². The van der Waals surface area contributed by atoms with Gasteiger partial charge in [-0.3, -0.25) is 9.80 Å². The van der Waals surface area contributed by atoms with Gasteiger partial charge in [-0.05, 0) is 45.7 Å².